The average Bonchev–Trinajstić information content (AvgIpc) is 3.18. The zero-order chi connectivity index (χ0) is 32.6. The molecule has 1 aliphatic heterocycles. The van der Waals surface area contributed by atoms with Crippen LogP contribution in [0.1, 0.15) is 0 Å². The largest absolute Gasteiger partial charge is 0.454 e. The maximum absolute atomic E-state index is 6.90. The topological polar surface area (TPSA) is 15.7 Å². The highest BCUT2D eigenvalue weighted by atomic mass is 16.5. The van der Waals surface area contributed by atoms with E-state index >= 15 is 0 Å². The van der Waals surface area contributed by atoms with Gasteiger partial charge in [0.1, 0.15) is 5.75 Å². The quantitative estimate of drug-likeness (QED) is 0.175. The second-order valence-electron chi connectivity index (χ2n) is 12.2. The number of fused-ring (bicyclic) bond motifs is 2. The first kappa shape index (κ1) is 28.6. The fourth-order valence-electron chi connectivity index (χ4n) is 7.04. The third kappa shape index (κ3) is 5.09. The Kier molecular flexibility index (Phi) is 7.14. The lowest BCUT2D eigenvalue weighted by Gasteiger charge is -2.30. The van der Waals surface area contributed by atoms with Crippen molar-refractivity contribution in [2.75, 3.05) is 9.80 Å². The lowest BCUT2D eigenvalue weighted by atomic mass is 9.90. The first-order chi connectivity index (χ1) is 24.3. The summed E-state index contributed by atoms with van der Waals surface area (Å²) in [5, 5.41) is 2.31. The molecular weight excluding hydrogens is 597 g/mol. The molecule has 0 bridgehead atoms. The van der Waals surface area contributed by atoms with E-state index in [2.05, 4.69) is 192 Å². The molecule has 0 aliphatic carbocycles. The van der Waals surface area contributed by atoms with Gasteiger partial charge in [0.15, 0.2) is 5.75 Å². The summed E-state index contributed by atoms with van der Waals surface area (Å²) in [7, 11) is 0. The number of hydrogen-bond acceptors (Lipinski definition) is 3. The van der Waals surface area contributed by atoms with Crippen LogP contribution in [0.2, 0.25) is 0 Å². The number of hydrogen-bond donors (Lipinski definition) is 0. The fraction of sp³-hybridized carbons (Fsp3) is 0. The molecule has 0 aromatic heterocycles. The van der Waals surface area contributed by atoms with E-state index in [0.29, 0.717) is 0 Å². The smallest absolute Gasteiger partial charge is 0.159 e. The molecule has 0 atom stereocenters. The molecule has 3 heteroatoms. The van der Waals surface area contributed by atoms with E-state index in [1.54, 1.807) is 0 Å². The number of para-hydroxylation sites is 5. The molecule has 0 spiro atoms. The molecule has 0 saturated carbocycles. The first-order valence-electron chi connectivity index (χ1n) is 16.6. The summed E-state index contributed by atoms with van der Waals surface area (Å²) in [5.41, 5.74) is 11.1. The highest BCUT2D eigenvalue weighted by Crippen LogP contribution is 2.53. The number of rotatable bonds is 7. The molecule has 49 heavy (non-hydrogen) atoms. The van der Waals surface area contributed by atoms with E-state index in [-0.39, 0.29) is 0 Å². The summed E-state index contributed by atoms with van der Waals surface area (Å²) in [6.07, 6.45) is 0. The van der Waals surface area contributed by atoms with Crippen molar-refractivity contribution in [3.63, 3.8) is 0 Å². The number of ether oxygens (including phenoxy) is 1. The van der Waals surface area contributed by atoms with E-state index in [0.717, 1.165) is 62.1 Å². The Hall–Kier alpha value is -6.58. The van der Waals surface area contributed by atoms with Gasteiger partial charge in [0.2, 0.25) is 0 Å². The van der Waals surface area contributed by atoms with Gasteiger partial charge < -0.3 is 14.5 Å². The molecule has 0 fully saturated rings. The third-order valence-corrected chi connectivity index (χ3v) is 9.23. The third-order valence-electron chi connectivity index (χ3n) is 9.23. The standard InChI is InChI=1S/C46H32N2O/c1-5-15-34(16-6-1)47(35-17-7-2-8-18-35)38-29-27-33(28-30-38)39-31-32-44-45-40(39)23-13-24-41(45)42-25-14-26-43(46(42)49-44)48(36-19-9-3-10-20-36)37-21-11-4-12-22-37/h1-32H. The summed E-state index contributed by atoms with van der Waals surface area (Å²) >= 11 is 0. The fourth-order valence-corrected chi connectivity index (χ4v) is 7.04. The zero-order valence-electron chi connectivity index (χ0n) is 26.8. The number of benzene rings is 8. The van der Waals surface area contributed by atoms with Gasteiger partial charge in [-0.25, -0.2) is 0 Å². The molecule has 232 valence electrons. The second-order valence-corrected chi connectivity index (χ2v) is 12.2. The zero-order valence-corrected chi connectivity index (χ0v) is 26.8. The molecule has 9 rings (SSSR count). The van der Waals surface area contributed by atoms with Crippen molar-refractivity contribution in [3.8, 4) is 33.8 Å². The van der Waals surface area contributed by atoms with Crippen LogP contribution in [0.3, 0.4) is 0 Å². The van der Waals surface area contributed by atoms with E-state index in [1.807, 2.05) is 12.1 Å². The van der Waals surface area contributed by atoms with E-state index < -0.39 is 0 Å². The van der Waals surface area contributed by atoms with Crippen molar-refractivity contribution in [2.24, 2.45) is 0 Å². The summed E-state index contributed by atoms with van der Waals surface area (Å²) in [4.78, 5) is 4.56. The molecule has 1 heterocycles. The summed E-state index contributed by atoms with van der Waals surface area (Å²) in [5.74, 6) is 1.72. The molecule has 3 nitrogen and oxygen atoms in total. The predicted molar refractivity (Wildman–Crippen MR) is 204 cm³/mol. The monoisotopic (exact) mass is 628 g/mol. The molecule has 0 radical (unpaired) electrons. The van der Waals surface area contributed by atoms with Crippen LogP contribution in [0.15, 0.2) is 194 Å². The van der Waals surface area contributed by atoms with Crippen molar-refractivity contribution < 1.29 is 4.74 Å². The normalized spacial score (nSPS) is 11.4. The van der Waals surface area contributed by atoms with Crippen LogP contribution in [0.25, 0.3) is 33.0 Å². The van der Waals surface area contributed by atoms with Crippen molar-refractivity contribution in [1.82, 2.24) is 0 Å². The highest BCUT2D eigenvalue weighted by Gasteiger charge is 2.27. The lowest BCUT2D eigenvalue weighted by Crippen LogP contribution is -2.12. The second kappa shape index (κ2) is 12.2. The maximum atomic E-state index is 6.90. The van der Waals surface area contributed by atoms with Crippen molar-refractivity contribution in [2.45, 2.75) is 0 Å². The summed E-state index contributed by atoms with van der Waals surface area (Å²) in [6.45, 7) is 0. The van der Waals surface area contributed by atoms with E-state index in [1.165, 1.54) is 16.5 Å². The number of anilines is 6. The van der Waals surface area contributed by atoms with Gasteiger partial charge >= 0.3 is 0 Å². The summed E-state index contributed by atoms with van der Waals surface area (Å²) < 4.78 is 6.90. The first-order valence-corrected chi connectivity index (χ1v) is 16.6. The van der Waals surface area contributed by atoms with Gasteiger partial charge in [0, 0.05) is 39.4 Å². The summed E-state index contributed by atoms with van der Waals surface area (Å²) in [6, 6.07) is 68.3. The van der Waals surface area contributed by atoms with Crippen LogP contribution >= 0.6 is 0 Å². The molecule has 1 aliphatic rings. The Labute approximate surface area is 286 Å². The van der Waals surface area contributed by atoms with Crippen molar-refractivity contribution >= 4 is 44.9 Å². The molecular formula is C46H32N2O. The van der Waals surface area contributed by atoms with Gasteiger partial charge in [0.25, 0.3) is 0 Å². The van der Waals surface area contributed by atoms with E-state index in [9.17, 15) is 0 Å². The molecule has 0 N–H and O–H groups in total. The van der Waals surface area contributed by atoms with Crippen LogP contribution in [0.5, 0.6) is 11.5 Å². The Morgan fingerprint density at radius 1 is 0.327 bits per heavy atom. The molecule has 0 amide bonds. The average molecular weight is 629 g/mol. The molecule has 0 saturated heterocycles. The van der Waals surface area contributed by atoms with Gasteiger partial charge in [-0.15, -0.1) is 0 Å². The van der Waals surface area contributed by atoms with Crippen LogP contribution < -0.4 is 14.5 Å². The van der Waals surface area contributed by atoms with Gasteiger partial charge in [-0.05, 0) is 94.9 Å². The SMILES string of the molecule is c1ccc(N(c2ccccc2)c2ccc(-c3ccc4c5c(cccc35)-c3cccc(N(c5ccccc5)c5ccccc5)c3O4)cc2)cc1. The minimum absolute atomic E-state index is 0.856. The highest BCUT2D eigenvalue weighted by molar-refractivity contribution is 6.11. The van der Waals surface area contributed by atoms with Crippen LogP contribution in [0, 0.1) is 0 Å². The van der Waals surface area contributed by atoms with Gasteiger partial charge in [0.05, 0.1) is 5.69 Å². The maximum Gasteiger partial charge on any atom is 0.159 e. The van der Waals surface area contributed by atoms with Crippen LogP contribution in [0.4, 0.5) is 34.1 Å². The van der Waals surface area contributed by atoms with E-state index in [4.69, 9.17) is 4.74 Å². The number of nitrogens with zero attached hydrogens (tertiary/aromatic N) is 2. The van der Waals surface area contributed by atoms with Crippen molar-refractivity contribution in [1.29, 1.82) is 0 Å². The van der Waals surface area contributed by atoms with Crippen LogP contribution in [-0.2, 0) is 0 Å². The molecule has 0 unspecified atom stereocenters. The Bertz CT molecular complexity index is 2310. The molecule has 8 aromatic carbocycles. The Morgan fingerprint density at radius 3 is 1.39 bits per heavy atom. The predicted octanol–water partition coefficient (Wildman–Crippen LogP) is 13.2. The van der Waals surface area contributed by atoms with Gasteiger partial charge in [-0.2, -0.15) is 0 Å². The minimum Gasteiger partial charge on any atom is -0.454 e. The Morgan fingerprint density at radius 2 is 0.816 bits per heavy atom. The minimum atomic E-state index is 0.856. The van der Waals surface area contributed by atoms with Crippen molar-refractivity contribution in [3.05, 3.63) is 194 Å². The van der Waals surface area contributed by atoms with Gasteiger partial charge in [-0.1, -0.05) is 121 Å². The van der Waals surface area contributed by atoms with Crippen LogP contribution in [-0.4, -0.2) is 0 Å². The molecule has 8 aromatic rings. The lowest BCUT2D eigenvalue weighted by molar-refractivity contribution is 0.488. The van der Waals surface area contributed by atoms with Gasteiger partial charge in [-0.3, -0.25) is 0 Å². The Balaban J connectivity index is 1.14.